The van der Waals surface area contributed by atoms with Gasteiger partial charge >= 0.3 is 0 Å². The Morgan fingerprint density at radius 1 is 1.33 bits per heavy atom. The van der Waals surface area contributed by atoms with Crippen LogP contribution in [0, 0.1) is 5.92 Å². The molecule has 0 saturated carbocycles. The fraction of sp³-hybridized carbons (Fsp3) is 0.714. The molecule has 1 aromatic rings. The first kappa shape index (κ1) is 16.5. The summed E-state index contributed by atoms with van der Waals surface area (Å²) in [6.07, 6.45) is 2.42. The minimum absolute atomic E-state index is 0.00333. The van der Waals surface area contributed by atoms with Crippen LogP contribution in [-0.4, -0.2) is 58.4 Å². The third kappa shape index (κ3) is 4.29. The van der Waals surface area contributed by atoms with E-state index in [0.29, 0.717) is 18.2 Å². The van der Waals surface area contributed by atoms with Crippen LogP contribution in [0.25, 0.3) is 0 Å². The summed E-state index contributed by atoms with van der Waals surface area (Å²) in [5.41, 5.74) is 0. The van der Waals surface area contributed by atoms with E-state index in [1.165, 1.54) is 33.0 Å². The Balaban J connectivity index is 1.81. The number of nitrogens with one attached hydrogen (secondary N) is 1. The molecule has 0 bridgehead atoms. The van der Waals surface area contributed by atoms with Crippen molar-refractivity contribution in [1.82, 2.24) is 14.5 Å². The molecule has 2 rings (SSSR count). The molecule has 7 heteroatoms. The molecule has 21 heavy (non-hydrogen) atoms. The lowest BCUT2D eigenvalue weighted by Gasteiger charge is -2.28. The van der Waals surface area contributed by atoms with E-state index in [9.17, 15) is 8.42 Å². The van der Waals surface area contributed by atoms with Gasteiger partial charge in [-0.1, -0.05) is 0 Å². The second kappa shape index (κ2) is 6.91. The van der Waals surface area contributed by atoms with Gasteiger partial charge in [0.15, 0.2) is 0 Å². The van der Waals surface area contributed by atoms with Crippen molar-refractivity contribution >= 4 is 10.0 Å². The molecule has 6 nitrogen and oxygen atoms in total. The van der Waals surface area contributed by atoms with Crippen molar-refractivity contribution in [3.63, 3.8) is 0 Å². The number of furan rings is 1. The SMILES string of the molecule is CN1CCC(CNCc2ccc(S(=O)(=O)N(C)C)o2)CC1. The van der Waals surface area contributed by atoms with Crippen LogP contribution in [0.2, 0.25) is 0 Å². The largest absolute Gasteiger partial charge is 0.447 e. The number of rotatable bonds is 6. The zero-order valence-corrected chi connectivity index (χ0v) is 13.8. The standard InChI is InChI=1S/C14H25N3O3S/c1-16(2)21(18,19)14-5-4-13(20-14)11-15-10-12-6-8-17(3)9-7-12/h4-5,12,15H,6-11H2,1-3H3. The van der Waals surface area contributed by atoms with E-state index in [4.69, 9.17) is 4.42 Å². The molecular formula is C14H25N3O3S. The van der Waals surface area contributed by atoms with E-state index in [0.717, 1.165) is 23.9 Å². The average Bonchev–Trinajstić information content (AvgIpc) is 2.90. The van der Waals surface area contributed by atoms with Gasteiger partial charge in [-0.25, -0.2) is 12.7 Å². The topological polar surface area (TPSA) is 65.8 Å². The summed E-state index contributed by atoms with van der Waals surface area (Å²) in [5, 5.41) is 3.36. The van der Waals surface area contributed by atoms with Crippen LogP contribution in [-0.2, 0) is 16.6 Å². The third-order valence-corrected chi connectivity index (χ3v) is 5.63. The van der Waals surface area contributed by atoms with E-state index < -0.39 is 10.0 Å². The van der Waals surface area contributed by atoms with Gasteiger partial charge in [-0.15, -0.1) is 0 Å². The first-order chi connectivity index (χ1) is 9.89. The van der Waals surface area contributed by atoms with Gasteiger partial charge in [0.05, 0.1) is 6.54 Å². The number of hydrogen-bond donors (Lipinski definition) is 1. The molecule has 1 aliphatic rings. The summed E-state index contributed by atoms with van der Waals surface area (Å²) in [4.78, 5) is 2.35. The molecule has 0 unspecified atom stereocenters. The van der Waals surface area contributed by atoms with Crippen molar-refractivity contribution in [3.05, 3.63) is 17.9 Å². The van der Waals surface area contributed by atoms with Gasteiger partial charge in [0.25, 0.3) is 10.0 Å². The molecule has 0 aromatic carbocycles. The lowest BCUT2D eigenvalue weighted by Crippen LogP contribution is -2.34. The number of hydrogen-bond acceptors (Lipinski definition) is 5. The fourth-order valence-electron chi connectivity index (χ4n) is 2.44. The van der Waals surface area contributed by atoms with Crippen molar-refractivity contribution in [2.24, 2.45) is 5.92 Å². The van der Waals surface area contributed by atoms with Crippen LogP contribution >= 0.6 is 0 Å². The summed E-state index contributed by atoms with van der Waals surface area (Å²) < 4.78 is 30.4. The van der Waals surface area contributed by atoms with Gasteiger partial charge in [0.2, 0.25) is 5.09 Å². The van der Waals surface area contributed by atoms with Gasteiger partial charge in [0.1, 0.15) is 5.76 Å². The minimum atomic E-state index is -3.47. The normalized spacial score (nSPS) is 18.5. The average molecular weight is 315 g/mol. The molecule has 1 aliphatic heterocycles. The Labute approximate surface area is 127 Å². The minimum Gasteiger partial charge on any atom is -0.447 e. The maximum atomic E-state index is 11.9. The summed E-state index contributed by atoms with van der Waals surface area (Å²) in [6.45, 7) is 3.82. The van der Waals surface area contributed by atoms with Crippen molar-refractivity contribution < 1.29 is 12.8 Å². The van der Waals surface area contributed by atoms with Crippen molar-refractivity contribution in [1.29, 1.82) is 0 Å². The second-order valence-corrected chi connectivity index (χ2v) is 7.97. The molecule has 0 radical (unpaired) electrons. The molecule has 1 fully saturated rings. The zero-order chi connectivity index (χ0) is 15.5. The summed E-state index contributed by atoms with van der Waals surface area (Å²) in [6, 6.07) is 3.24. The van der Waals surface area contributed by atoms with E-state index in [1.807, 2.05) is 0 Å². The van der Waals surface area contributed by atoms with Crippen LogP contribution in [0.3, 0.4) is 0 Å². The Kier molecular flexibility index (Phi) is 5.43. The van der Waals surface area contributed by atoms with Crippen LogP contribution in [0.15, 0.2) is 21.6 Å². The molecule has 1 aromatic heterocycles. The van der Waals surface area contributed by atoms with Crippen molar-refractivity contribution in [2.75, 3.05) is 40.8 Å². The van der Waals surface area contributed by atoms with Crippen molar-refractivity contribution in [3.8, 4) is 0 Å². The van der Waals surface area contributed by atoms with E-state index >= 15 is 0 Å². The molecule has 0 atom stereocenters. The monoisotopic (exact) mass is 315 g/mol. The highest BCUT2D eigenvalue weighted by molar-refractivity contribution is 7.88. The molecule has 1 N–H and O–H groups in total. The highest BCUT2D eigenvalue weighted by atomic mass is 32.2. The molecule has 2 heterocycles. The first-order valence-corrected chi connectivity index (χ1v) is 8.74. The Morgan fingerprint density at radius 3 is 2.62 bits per heavy atom. The number of piperidine rings is 1. The second-order valence-electron chi connectivity index (χ2n) is 5.89. The molecule has 120 valence electrons. The van der Waals surface area contributed by atoms with Gasteiger partial charge in [0, 0.05) is 14.1 Å². The molecule has 1 saturated heterocycles. The van der Waals surface area contributed by atoms with Gasteiger partial charge in [-0.05, 0) is 57.6 Å². The Morgan fingerprint density at radius 2 is 2.00 bits per heavy atom. The maximum absolute atomic E-state index is 11.9. The molecule has 0 aliphatic carbocycles. The quantitative estimate of drug-likeness (QED) is 0.847. The van der Waals surface area contributed by atoms with Crippen LogP contribution in [0.4, 0.5) is 0 Å². The van der Waals surface area contributed by atoms with E-state index in [-0.39, 0.29) is 5.09 Å². The lowest BCUT2D eigenvalue weighted by atomic mass is 9.97. The predicted molar refractivity (Wildman–Crippen MR) is 81.5 cm³/mol. The van der Waals surface area contributed by atoms with Gasteiger partial charge in [-0.2, -0.15) is 0 Å². The van der Waals surface area contributed by atoms with E-state index in [2.05, 4.69) is 17.3 Å². The summed E-state index contributed by atoms with van der Waals surface area (Å²) in [7, 11) is 1.67. The van der Waals surface area contributed by atoms with Crippen molar-refractivity contribution in [2.45, 2.75) is 24.5 Å². The smallest absolute Gasteiger partial charge is 0.275 e. The van der Waals surface area contributed by atoms with E-state index in [1.54, 1.807) is 6.07 Å². The number of nitrogens with zero attached hydrogens (tertiary/aromatic N) is 2. The van der Waals surface area contributed by atoms with Crippen LogP contribution < -0.4 is 5.32 Å². The number of likely N-dealkylation sites (tertiary alicyclic amines) is 1. The van der Waals surface area contributed by atoms with Gasteiger partial charge < -0.3 is 14.6 Å². The van der Waals surface area contributed by atoms with Crippen LogP contribution in [0.1, 0.15) is 18.6 Å². The maximum Gasteiger partial charge on any atom is 0.275 e. The highest BCUT2D eigenvalue weighted by Crippen LogP contribution is 2.18. The Hall–Kier alpha value is -0.890. The van der Waals surface area contributed by atoms with Gasteiger partial charge in [-0.3, -0.25) is 0 Å². The highest BCUT2D eigenvalue weighted by Gasteiger charge is 2.21. The molecule has 0 amide bonds. The summed E-state index contributed by atoms with van der Waals surface area (Å²) in [5.74, 6) is 1.35. The first-order valence-electron chi connectivity index (χ1n) is 7.30. The molecule has 0 spiro atoms. The predicted octanol–water partition coefficient (Wildman–Crippen LogP) is 0.961. The number of sulfonamides is 1. The molecular weight excluding hydrogens is 290 g/mol. The zero-order valence-electron chi connectivity index (χ0n) is 13.0. The lowest BCUT2D eigenvalue weighted by molar-refractivity contribution is 0.215. The Bertz CT molecular complexity index is 546. The fourth-order valence-corrected chi connectivity index (χ4v) is 3.25. The summed E-state index contributed by atoms with van der Waals surface area (Å²) >= 11 is 0. The third-order valence-electron chi connectivity index (χ3n) is 3.94. The van der Waals surface area contributed by atoms with Crippen LogP contribution in [0.5, 0.6) is 0 Å².